The third-order valence-electron chi connectivity index (χ3n) is 4.07. The van der Waals surface area contributed by atoms with Crippen molar-refractivity contribution in [2.75, 3.05) is 0 Å². The zero-order valence-electron chi connectivity index (χ0n) is 12.7. The summed E-state index contributed by atoms with van der Waals surface area (Å²) in [6.45, 7) is 9.61. The molecular weight excluding hydrogens is 257 g/mol. The zero-order chi connectivity index (χ0) is 15.1. The molecule has 2 heterocycles. The molecule has 5 nitrogen and oxygen atoms in total. The molecule has 6 heteroatoms. The van der Waals surface area contributed by atoms with E-state index in [-0.39, 0.29) is 5.56 Å². The van der Waals surface area contributed by atoms with Gasteiger partial charge >= 0.3 is 7.12 Å². The smallest absolute Gasteiger partial charge is 0.399 e. The molecule has 110 valence electrons. The van der Waals surface area contributed by atoms with Gasteiger partial charge in [-0.25, -0.2) is 0 Å². The molecule has 20 heavy (non-hydrogen) atoms. The lowest BCUT2D eigenvalue weighted by Crippen LogP contribution is -2.41. The number of nitrogens with one attached hydrogen (secondary N) is 1. The number of aromatic amines is 1. The third kappa shape index (κ3) is 2.82. The molecule has 1 fully saturated rings. The Kier molecular flexibility index (Phi) is 3.84. The van der Waals surface area contributed by atoms with Gasteiger partial charge in [0.25, 0.3) is 0 Å². The van der Waals surface area contributed by atoms with Crippen molar-refractivity contribution in [1.29, 1.82) is 0 Å². The number of aromatic nitrogens is 1. The molecule has 2 N–H and O–H groups in total. The van der Waals surface area contributed by atoms with Crippen molar-refractivity contribution in [2.24, 2.45) is 0 Å². The molecule has 0 aliphatic carbocycles. The summed E-state index contributed by atoms with van der Waals surface area (Å²) in [6, 6.07) is 1.49. The van der Waals surface area contributed by atoms with Gasteiger partial charge in [0.05, 0.1) is 17.3 Å². The Morgan fingerprint density at radius 1 is 1.30 bits per heavy atom. The maximum Gasteiger partial charge on any atom is 0.496 e. The minimum atomic E-state index is -0.536. The van der Waals surface area contributed by atoms with E-state index in [4.69, 9.17) is 9.31 Å². The Morgan fingerprint density at radius 2 is 1.85 bits per heavy atom. The summed E-state index contributed by atoms with van der Waals surface area (Å²) in [7, 11) is -0.536. The first-order valence-electron chi connectivity index (χ1n) is 6.87. The highest BCUT2D eigenvalue weighted by Gasteiger charge is 2.52. The van der Waals surface area contributed by atoms with Crippen LogP contribution in [-0.2, 0) is 15.7 Å². The summed E-state index contributed by atoms with van der Waals surface area (Å²) in [5.74, 6) is 0. The van der Waals surface area contributed by atoms with Crippen LogP contribution >= 0.6 is 0 Å². The number of aliphatic hydroxyl groups excluding tert-OH is 1. The van der Waals surface area contributed by atoms with Crippen molar-refractivity contribution in [3.05, 3.63) is 28.2 Å². The minimum Gasteiger partial charge on any atom is -0.399 e. The van der Waals surface area contributed by atoms with E-state index in [0.29, 0.717) is 6.42 Å². The van der Waals surface area contributed by atoms with Crippen molar-refractivity contribution < 1.29 is 14.4 Å². The maximum absolute atomic E-state index is 11.5. The molecule has 2 rings (SSSR count). The molecule has 1 atom stereocenters. The lowest BCUT2D eigenvalue weighted by Gasteiger charge is -2.32. The van der Waals surface area contributed by atoms with E-state index in [0.717, 1.165) is 11.0 Å². The summed E-state index contributed by atoms with van der Waals surface area (Å²) in [5.41, 5.74) is 0.457. The second-order valence-corrected chi connectivity index (χ2v) is 6.42. The molecule has 0 saturated carbocycles. The van der Waals surface area contributed by atoms with Gasteiger partial charge in [-0.1, -0.05) is 0 Å². The highest BCUT2D eigenvalue weighted by molar-refractivity contribution is 6.62. The molecule has 0 spiro atoms. The van der Waals surface area contributed by atoms with Crippen LogP contribution in [0.15, 0.2) is 17.1 Å². The molecule has 1 unspecified atom stereocenters. The standard InChI is InChI=1S/C14H22BNO4/c1-9(17)6-10-7-12(18)16-8-11(10)15-19-13(2,3)14(4,5)20-15/h7-9,17H,6H2,1-5H3,(H,16,18). The van der Waals surface area contributed by atoms with Crippen LogP contribution in [0.1, 0.15) is 40.2 Å². The van der Waals surface area contributed by atoms with E-state index >= 15 is 0 Å². The Bertz CT molecular complexity index is 534. The number of aliphatic hydroxyl groups is 1. The van der Waals surface area contributed by atoms with Gasteiger partial charge in [-0.15, -0.1) is 0 Å². The van der Waals surface area contributed by atoms with E-state index in [1.165, 1.54) is 6.07 Å². The number of hydrogen-bond donors (Lipinski definition) is 2. The third-order valence-corrected chi connectivity index (χ3v) is 4.07. The largest absolute Gasteiger partial charge is 0.496 e. The Labute approximate surface area is 119 Å². The average molecular weight is 279 g/mol. The molecule has 1 saturated heterocycles. The van der Waals surface area contributed by atoms with E-state index in [1.54, 1.807) is 13.1 Å². The quantitative estimate of drug-likeness (QED) is 0.795. The van der Waals surface area contributed by atoms with E-state index < -0.39 is 24.4 Å². The number of rotatable bonds is 3. The molecule has 0 radical (unpaired) electrons. The fourth-order valence-corrected chi connectivity index (χ4v) is 2.21. The number of hydrogen-bond acceptors (Lipinski definition) is 4. The van der Waals surface area contributed by atoms with Gasteiger partial charge in [-0.05, 0) is 46.6 Å². The van der Waals surface area contributed by atoms with Crippen LogP contribution < -0.4 is 11.0 Å². The summed E-state index contributed by atoms with van der Waals surface area (Å²) >= 11 is 0. The number of H-pyrrole nitrogens is 1. The van der Waals surface area contributed by atoms with Crippen LogP contribution in [0.4, 0.5) is 0 Å². The first-order chi connectivity index (χ1) is 9.12. The van der Waals surface area contributed by atoms with Gasteiger partial charge in [-0.2, -0.15) is 0 Å². The zero-order valence-corrected chi connectivity index (χ0v) is 12.7. The van der Waals surface area contributed by atoms with Crippen molar-refractivity contribution in [1.82, 2.24) is 4.98 Å². The van der Waals surface area contributed by atoms with Gasteiger partial charge < -0.3 is 19.4 Å². The fourth-order valence-electron chi connectivity index (χ4n) is 2.21. The molecule has 0 aromatic carbocycles. The van der Waals surface area contributed by atoms with Gasteiger partial charge in [0.2, 0.25) is 5.56 Å². The highest BCUT2D eigenvalue weighted by atomic mass is 16.7. The SMILES string of the molecule is CC(O)Cc1cc(=O)[nH]cc1B1OC(C)(C)C(C)(C)O1. The summed E-state index contributed by atoms with van der Waals surface area (Å²) in [6.07, 6.45) is 1.48. The van der Waals surface area contributed by atoms with Gasteiger partial charge in [0.1, 0.15) is 0 Å². The predicted octanol–water partition coefficient (Wildman–Crippen LogP) is 0.597. The topological polar surface area (TPSA) is 71.5 Å². The van der Waals surface area contributed by atoms with E-state index in [1.807, 2.05) is 27.7 Å². The average Bonchev–Trinajstić information content (AvgIpc) is 2.46. The molecule has 0 bridgehead atoms. The monoisotopic (exact) mass is 279 g/mol. The van der Waals surface area contributed by atoms with E-state index in [9.17, 15) is 9.90 Å². The normalized spacial score (nSPS) is 22.0. The maximum atomic E-state index is 11.5. The lowest BCUT2D eigenvalue weighted by molar-refractivity contribution is 0.00578. The molecule has 1 aromatic rings. The lowest BCUT2D eigenvalue weighted by atomic mass is 9.76. The first kappa shape index (κ1) is 15.3. The van der Waals surface area contributed by atoms with E-state index in [2.05, 4.69) is 4.98 Å². The molecule has 1 aliphatic rings. The first-order valence-corrected chi connectivity index (χ1v) is 6.87. The fraction of sp³-hybridized carbons (Fsp3) is 0.643. The minimum absolute atomic E-state index is 0.194. The van der Waals surface area contributed by atoms with Crippen LogP contribution in [0.3, 0.4) is 0 Å². The summed E-state index contributed by atoms with van der Waals surface area (Å²) in [5, 5.41) is 9.58. The van der Waals surface area contributed by atoms with Crippen LogP contribution in [-0.4, -0.2) is 34.5 Å². The van der Waals surface area contributed by atoms with Gasteiger partial charge in [0, 0.05) is 17.7 Å². The molecular formula is C14H22BNO4. The molecule has 1 aromatic heterocycles. The second kappa shape index (κ2) is 5.02. The Balaban J connectivity index is 2.37. The summed E-state index contributed by atoms with van der Waals surface area (Å²) < 4.78 is 12.0. The van der Waals surface area contributed by atoms with Crippen molar-refractivity contribution >= 4 is 12.6 Å². The Hall–Kier alpha value is -1.11. The molecule has 0 amide bonds. The van der Waals surface area contributed by atoms with Crippen LogP contribution in [0, 0.1) is 0 Å². The van der Waals surface area contributed by atoms with Crippen LogP contribution in [0.2, 0.25) is 0 Å². The molecule has 1 aliphatic heterocycles. The van der Waals surface area contributed by atoms with Crippen LogP contribution in [0.25, 0.3) is 0 Å². The van der Waals surface area contributed by atoms with Crippen molar-refractivity contribution in [3.63, 3.8) is 0 Å². The van der Waals surface area contributed by atoms with Crippen molar-refractivity contribution in [2.45, 2.75) is 58.3 Å². The van der Waals surface area contributed by atoms with Gasteiger partial charge in [-0.3, -0.25) is 4.79 Å². The van der Waals surface area contributed by atoms with Crippen LogP contribution in [0.5, 0.6) is 0 Å². The summed E-state index contributed by atoms with van der Waals surface area (Å²) in [4.78, 5) is 14.1. The Morgan fingerprint density at radius 3 is 2.35 bits per heavy atom. The predicted molar refractivity (Wildman–Crippen MR) is 78.2 cm³/mol. The number of pyridine rings is 1. The second-order valence-electron chi connectivity index (χ2n) is 6.42. The highest BCUT2D eigenvalue weighted by Crippen LogP contribution is 2.36. The van der Waals surface area contributed by atoms with Crippen molar-refractivity contribution in [3.8, 4) is 0 Å². The van der Waals surface area contributed by atoms with Gasteiger partial charge in [0.15, 0.2) is 0 Å².